The number of primary amides is 1. The van der Waals surface area contributed by atoms with Gasteiger partial charge in [0.2, 0.25) is 23.6 Å². The second-order valence-electron chi connectivity index (χ2n) is 10.4. The van der Waals surface area contributed by atoms with Crippen LogP contribution in [0.1, 0.15) is 58.7 Å². The zero-order valence-electron chi connectivity index (χ0n) is 23.9. The maximum absolute atomic E-state index is 13.2. The van der Waals surface area contributed by atoms with Crippen molar-refractivity contribution in [3.63, 3.8) is 0 Å². The van der Waals surface area contributed by atoms with Crippen molar-refractivity contribution >= 4 is 31.5 Å². The molecule has 0 radical (unpaired) electrons. The van der Waals surface area contributed by atoms with Crippen LogP contribution in [0.25, 0.3) is 0 Å². The monoisotopic (exact) mass is 594 g/mol. The molecular weight excluding hydrogens is 555 g/mol. The van der Waals surface area contributed by atoms with Gasteiger partial charge in [0.1, 0.15) is 18.1 Å². The minimum absolute atomic E-state index is 0.0573. The van der Waals surface area contributed by atoms with E-state index in [4.69, 9.17) is 15.5 Å². The first-order valence-corrected chi connectivity index (χ1v) is 14.4. The van der Waals surface area contributed by atoms with Crippen molar-refractivity contribution in [2.24, 2.45) is 5.73 Å². The van der Waals surface area contributed by atoms with Gasteiger partial charge in [0.05, 0.1) is 12.4 Å². The second kappa shape index (κ2) is 13.9. The van der Waals surface area contributed by atoms with Gasteiger partial charge in [-0.3, -0.25) is 23.7 Å². The van der Waals surface area contributed by atoms with Crippen LogP contribution in [0.15, 0.2) is 42.9 Å². The van der Waals surface area contributed by atoms with Crippen molar-refractivity contribution in [1.29, 1.82) is 0 Å². The number of rotatable bonds is 14. The van der Waals surface area contributed by atoms with E-state index in [0.29, 0.717) is 5.69 Å². The summed E-state index contributed by atoms with van der Waals surface area (Å²) in [6.07, 6.45) is 1.87. The van der Waals surface area contributed by atoms with Crippen molar-refractivity contribution in [1.82, 2.24) is 25.5 Å². The lowest BCUT2D eigenvalue weighted by atomic mass is 9.83. The molecule has 5 atom stereocenters. The lowest BCUT2D eigenvalue weighted by Gasteiger charge is -2.36. The van der Waals surface area contributed by atoms with E-state index in [-0.39, 0.29) is 12.3 Å². The van der Waals surface area contributed by atoms with Crippen LogP contribution in [-0.2, 0) is 40.2 Å². The van der Waals surface area contributed by atoms with Crippen LogP contribution in [0, 0.1) is 0 Å². The zero-order chi connectivity index (χ0) is 31.1. The Morgan fingerprint density at radius 3 is 2.20 bits per heavy atom. The summed E-state index contributed by atoms with van der Waals surface area (Å²) in [7, 11) is -4.98. The third-order valence-electron chi connectivity index (χ3n) is 6.93. The summed E-state index contributed by atoms with van der Waals surface area (Å²) in [5.74, 6) is -3.06. The first-order valence-electron chi connectivity index (χ1n) is 12.9. The van der Waals surface area contributed by atoms with Gasteiger partial charge < -0.3 is 36.0 Å². The quantitative estimate of drug-likeness (QED) is 0.167. The number of hydrogen-bond acceptors (Lipinski definition) is 7. The van der Waals surface area contributed by atoms with Crippen LogP contribution in [0.4, 0.5) is 0 Å². The molecule has 0 aliphatic rings. The zero-order valence-corrected chi connectivity index (χ0v) is 24.8. The normalized spacial score (nSPS) is 15.6. The van der Waals surface area contributed by atoms with Crippen LogP contribution in [0.5, 0.6) is 0 Å². The van der Waals surface area contributed by atoms with Crippen LogP contribution in [-0.4, -0.2) is 67.2 Å². The van der Waals surface area contributed by atoms with Gasteiger partial charge in [-0.2, -0.15) is 0 Å². The molecule has 4 amide bonds. The molecule has 0 aliphatic heterocycles. The lowest BCUT2D eigenvalue weighted by molar-refractivity contribution is -0.133. The Hall–Kier alpha value is -3.58. The molecule has 226 valence electrons. The van der Waals surface area contributed by atoms with Crippen molar-refractivity contribution in [3.05, 3.63) is 54.1 Å². The van der Waals surface area contributed by atoms with E-state index in [9.17, 15) is 23.7 Å². The van der Waals surface area contributed by atoms with Crippen LogP contribution in [0.2, 0.25) is 0 Å². The molecule has 1 aromatic heterocycles. The molecule has 0 saturated carbocycles. The number of aromatic nitrogens is 2. The number of carbonyl (C=O) groups is 4. The minimum atomic E-state index is -4.98. The number of carbonyl (C=O) groups excluding carboxylic acids is 4. The largest absolute Gasteiger partial charge is 0.469 e. The third-order valence-corrected chi connectivity index (χ3v) is 7.54. The van der Waals surface area contributed by atoms with Gasteiger partial charge in [0, 0.05) is 36.7 Å². The molecule has 0 spiro atoms. The van der Waals surface area contributed by atoms with Gasteiger partial charge >= 0.3 is 7.82 Å². The number of nitrogens with two attached hydrogens (primary N) is 1. The maximum Gasteiger partial charge on any atom is 0.469 e. The van der Waals surface area contributed by atoms with Crippen molar-refractivity contribution in [3.8, 4) is 0 Å². The first-order chi connectivity index (χ1) is 18.9. The molecule has 0 saturated heterocycles. The van der Waals surface area contributed by atoms with Crippen molar-refractivity contribution in [2.45, 2.75) is 83.6 Å². The minimum Gasteiger partial charge on any atom is -0.368 e. The molecule has 7 N–H and O–H groups in total. The Morgan fingerprint density at radius 1 is 1.05 bits per heavy atom. The fourth-order valence-electron chi connectivity index (χ4n) is 4.37. The number of phosphoric acid groups is 1. The molecule has 14 nitrogen and oxygen atoms in total. The highest BCUT2D eigenvalue weighted by Gasteiger charge is 2.34. The smallest absolute Gasteiger partial charge is 0.368 e. The standard InChI is InChI=1S/C26H39N6O8P/c1-15(19-10-8-7-9-11-19)26(5,6)32-14-28-13-20(32)12-21(30-18(4)33)25(36)29-16(2)24(35)31-22(23(27)34)17(3)40-41(37,38)39/h7-11,13-17,21-22H,12H2,1-6H3,(H2,27,34)(H,29,36)(H,30,33)(H,31,35)(H2,37,38,39). The van der Waals surface area contributed by atoms with E-state index in [1.54, 1.807) is 12.5 Å². The molecule has 2 rings (SSSR count). The maximum atomic E-state index is 13.2. The fourth-order valence-corrected chi connectivity index (χ4v) is 4.92. The van der Waals surface area contributed by atoms with Gasteiger partial charge in [-0.15, -0.1) is 0 Å². The first kappa shape index (κ1) is 33.6. The molecule has 15 heteroatoms. The number of nitrogens with zero attached hydrogens (tertiary/aromatic N) is 2. The van der Waals surface area contributed by atoms with Crippen LogP contribution >= 0.6 is 7.82 Å². The molecule has 2 aromatic rings. The molecule has 5 unspecified atom stereocenters. The fraction of sp³-hybridized carbons (Fsp3) is 0.500. The number of nitrogens with one attached hydrogen (secondary N) is 3. The molecular formula is C26H39N6O8P. The van der Waals surface area contributed by atoms with E-state index in [1.165, 1.54) is 13.8 Å². The number of benzene rings is 1. The molecule has 41 heavy (non-hydrogen) atoms. The van der Waals surface area contributed by atoms with Crippen LogP contribution < -0.4 is 21.7 Å². The van der Waals surface area contributed by atoms with Gasteiger partial charge in [-0.1, -0.05) is 37.3 Å². The van der Waals surface area contributed by atoms with E-state index >= 15 is 0 Å². The van der Waals surface area contributed by atoms with Crippen LogP contribution in [0.3, 0.4) is 0 Å². The third kappa shape index (κ3) is 9.49. The summed E-state index contributed by atoms with van der Waals surface area (Å²) in [6, 6.07) is 6.03. The van der Waals surface area contributed by atoms with E-state index < -0.39 is 61.2 Å². The molecule has 1 aromatic carbocycles. The van der Waals surface area contributed by atoms with Gasteiger partial charge in [0.15, 0.2) is 0 Å². The van der Waals surface area contributed by atoms with E-state index in [1.807, 2.05) is 48.7 Å². The lowest BCUT2D eigenvalue weighted by Crippen LogP contribution is -2.58. The number of imidazole rings is 1. The van der Waals surface area contributed by atoms with Gasteiger partial charge in [-0.25, -0.2) is 9.55 Å². The Morgan fingerprint density at radius 2 is 1.66 bits per heavy atom. The molecule has 1 heterocycles. The predicted octanol–water partition coefficient (Wildman–Crippen LogP) is 0.442. The number of phosphoric ester groups is 1. The average Bonchev–Trinajstić information content (AvgIpc) is 3.34. The number of hydrogen-bond donors (Lipinski definition) is 6. The summed E-state index contributed by atoms with van der Waals surface area (Å²) in [6.45, 7) is 9.91. The predicted molar refractivity (Wildman–Crippen MR) is 149 cm³/mol. The average molecular weight is 595 g/mol. The Balaban J connectivity index is 2.20. The molecule has 0 bridgehead atoms. The highest BCUT2D eigenvalue weighted by Crippen LogP contribution is 2.38. The Bertz CT molecular complexity index is 1280. The van der Waals surface area contributed by atoms with E-state index in [0.717, 1.165) is 12.5 Å². The summed E-state index contributed by atoms with van der Waals surface area (Å²) < 4.78 is 17.5. The molecule has 0 fully saturated rings. The SMILES string of the molecule is CC(=O)NC(Cc1cncn1C(C)(C)C(C)c1ccccc1)C(=O)NC(C)C(=O)NC(C(N)=O)C(C)OP(=O)(O)O. The van der Waals surface area contributed by atoms with Gasteiger partial charge in [-0.05, 0) is 33.3 Å². The van der Waals surface area contributed by atoms with Gasteiger partial charge in [0.25, 0.3) is 0 Å². The summed E-state index contributed by atoms with van der Waals surface area (Å²) in [5, 5.41) is 7.32. The summed E-state index contributed by atoms with van der Waals surface area (Å²) in [5.41, 5.74) is 6.58. The highest BCUT2D eigenvalue weighted by molar-refractivity contribution is 7.46. The highest BCUT2D eigenvalue weighted by atomic mass is 31.2. The Labute approximate surface area is 238 Å². The molecule has 0 aliphatic carbocycles. The Kier molecular flexibility index (Phi) is 11.4. The summed E-state index contributed by atoms with van der Waals surface area (Å²) in [4.78, 5) is 72.0. The second-order valence-corrected chi connectivity index (χ2v) is 11.6. The summed E-state index contributed by atoms with van der Waals surface area (Å²) >= 11 is 0. The number of amides is 4. The van der Waals surface area contributed by atoms with E-state index in [2.05, 4.69) is 32.4 Å². The topological polar surface area (TPSA) is 215 Å². The van der Waals surface area contributed by atoms with Crippen molar-refractivity contribution in [2.75, 3.05) is 0 Å². The van der Waals surface area contributed by atoms with Crippen molar-refractivity contribution < 1.29 is 38.1 Å².